The molecular weight excluding hydrogens is 453 g/mol. The Morgan fingerprint density at radius 2 is 1.77 bits per heavy atom. The molecule has 4 rings (SSSR count). The molecule has 2 aromatic carbocycles. The lowest BCUT2D eigenvalue weighted by atomic mass is 9.95. The van der Waals surface area contributed by atoms with Gasteiger partial charge in [0.1, 0.15) is 12.4 Å². The number of fused-ring (bicyclic) bond motifs is 1. The first-order valence-electron chi connectivity index (χ1n) is 9.94. The van der Waals surface area contributed by atoms with Gasteiger partial charge in [0.25, 0.3) is 5.56 Å². The molecule has 0 aliphatic heterocycles. The van der Waals surface area contributed by atoms with Crippen molar-refractivity contribution in [2.24, 2.45) is 0 Å². The first-order valence-corrected chi connectivity index (χ1v) is 10.7. The fourth-order valence-corrected chi connectivity index (χ4v) is 4.42. The maximum absolute atomic E-state index is 13.3. The molecule has 0 unspecified atom stereocenters. The maximum Gasteiger partial charge on any atom is 0.332 e. The number of amides is 1. The number of rotatable bonds is 4. The molecule has 1 aromatic heterocycles. The average molecular weight is 474 g/mol. The number of aromatic nitrogens is 2. The Balaban J connectivity index is 1.77. The molecule has 1 N–H and O–H groups in total. The summed E-state index contributed by atoms with van der Waals surface area (Å²) in [6.45, 7) is -0.249. The molecule has 1 aliphatic rings. The fraction of sp³-hybridized carbons (Fsp3) is 0.318. The lowest BCUT2D eigenvalue weighted by Gasteiger charge is -2.24. The monoisotopic (exact) mass is 473 g/mol. The quantitative estimate of drug-likeness (QED) is 0.616. The van der Waals surface area contributed by atoms with E-state index in [0.717, 1.165) is 36.6 Å². The van der Waals surface area contributed by atoms with Gasteiger partial charge in [0, 0.05) is 16.2 Å². The van der Waals surface area contributed by atoms with Gasteiger partial charge in [-0.25, -0.2) is 9.18 Å². The molecule has 0 saturated heterocycles. The second-order valence-electron chi connectivity index (χ2n) is 7.55. The van der Waals surface area contributed by atoms with Crippen LogP contribution in [0.15, 0.2) is 56.5 Å². The van der Waals surface area contributed by atoms with Gasteiger partial charge in [0.15, 0.2) is 0 Å². The molecule has 1 amide bonds. The maximum atomic E-state index is 13.3. The van der Waals surface area contributed by atoms with Crippen LogP contribution in [0.3, 0.4) is 0 Å². The van der Waals surface area contributed by atoms with Gasteiger partial charge in [-0.05, 0) is 55.3 Å². The molecule has 6 nitrogen and oxygen atoms in total. The van der Waals surface area contributed by atoms with Crippen LogP contribution >= 0.6 is 15.9 Å². The van der Waals surface area contributed by atoms with Gasteiger partial charge in [-0.2, -0.15) is 0 Å². The van der Waals surface area contributed by atoms with E-state index in [1.54, 1.807) is 18.2 Å². The summed E-state index contributed by atoms with van der Waals surface area (Å²) < 4.78 is 16.5. The van der Waals surface area contributed by atoms with Gasteiger partial charge in [-0.1, -0.05) is 35.2 Å². The van der Waals surface area contributed by atoms with Gasteiger partial charge in [-0.3, -0.25) is 18.7 Å². The molecule has 30 heavy (non-hydrogen) atoms. The molecule has 1 heterocycles. The van der Waals surface area contributed by atoms with E-state index in [1.807, 2.05) is 0 Å². The van der Waals surface area contributed by atoms with E-state index in [-0.39, 0.29) is 18.1 Å². The fourth-order valence-electron chi connectivity index (χ4n) is 4.06. The normalized spacial score (nSPS) is 14.7. The lowest BCUT2D eigenvalue weighted by molar-refractivity contribution is -0.116. The van der Waals surface area contributed by atoms with E-state index in [1.165, 1.54) is 33.4 Å². The largest absolute Gasteiger partial charge is 0.332 e. The van der Waals surface area contributed by atoms with Crippen molar-refractivity contribution in [3.63, 3.8) is 0 Å². The molecule has 0 radical (unpaired) electrons. The van der Waals surface area contributed by atoms with E-state index in [2.05, 4.69) is 21.2 Å². The van der Waals surface area contributed by atoms with E-state index in [9.17, 15) is 18.8 Å². The first kappa shape index (κ1) is 20.5. The van der Waals surface area contributed by atoms with E-state index >= 15 is 0 Å². The van der Waals surface area contributed by atoms with E-state index in [4.69, 9.17) is 0 Å². The third-order valence-electron chi connectivity index (χ3n) is 5.51. The van der Waals surface area contributed by atoms with E-state index in [0.29, 0.717) is 16.6 Å². The summed E-state index contributed by atoms with van der Waals surface area (Å²) in [6.07, 6.45) is 4.59. The first-order chi connectivity index (χ1) is 14.4. The van der Waals surface area contributed by atoms with Crippen LogP contribution in [-0.2, 0) is 11.3 Å². The second kappa shape index (κ2) is 8.55. The Bertz CT molecular complexity index is 1210. The van der Waals surface area contributed by atoms with Gasteiger partial charge in [-0.15, -0.1) is 0 Å². The van der Waals surface area contributed by atoms with Crippen LogP contribution in [-0.4, -0.2) is 15.0 Å². The Kier molecular flexibility index (Phi) is 5.85. The van der Waals surface area contributed by atoms with Crippen LogP contribution < -0.4 is 16.6 Å². The number of carbonyl (C=O) groups is 1. The molecular formula is C22H21BrFN3O3. The van der Waals surface area contributed by atoms with Gasteiger partial charge in [0.05, 0.1) is 10.9 Å². The highest BCUT2D eigenvalue weighted by Crippen LogP contribution is 2.26. The number of nitrogens with zero attached hydrogens (tertiary/aromatic N) is 2. The summed E-state index contributed by atoms with van der Waals surface area (Å²) in [4.78, 5) is 39.1. The number of hydrogen-bond donors (Lipinski definition) is 1. The van der Waals surface area contributed by atoms with Crippen molar-refractivity contribution in [3.8, 4) is 0 Å². The molecule has 156 valence electrons. The minimum absolute atomic E-state index is 0.159. The van der Waals surface area contributed by atoms with Crippen molar-refractivity contribution in [3.05, 3.63) is 73.6 Å². The van der Waals surface area contributed by atoms with Crippen LogP contribution in [0.4, 0.5) is 10.1 Å². The number of halogens is 2. The summed E-state index contributed by atoms with van der Waals surface area (Å²) in [7, 11) is 0. The zero-order chi connectivity index (χ0) is 21.3. The molecule has 8 heteroatoms. The summed E-state index contributed by atoms with van der Waals surface area (Å²) in [5.74, 6) is -0.831. The number of carbonyl (C=O) groups excluding carboxylic acids is 1. The predicted octanol–water partition coefficient (Wildman–Crippen LogP) is 4.21. The minimum atomic E-state index is -0.476. The standard InChI is InChI=1S/C22H21BrFN3O3/c23-14-6-11-19-18(12-14)21(29)27(17-4-2-1-3-5-17)22(30)26(19)13-20(28)25-16-9-7-15(24)8-10-16/h6-12,17H,1-5,13H2,(H,25,28). The topological polar surface area (TPSA) is 73.1 Å². The van der Waals surface area contributed by atoms with Crippen LogP contribution in [0.25, 0.3) is 10.9 Å². The van der Waals surface area contributed by atoms with Crippen LogP contribution in [0.5, 0.6) is 0 Å². The summed E-state index contributed by atoms with van der Waals surface area (Å²) >= 11 is 3.39. The summed E-state index contributed by atoms with van der Waals surface area (Å²) in [6, 6.07) is 10.3. The Morgan fingerprint density at radius 3 is 2.47 bits per heavy atom. The third kappa shape index (κ3) is 4.09. The van der Waals surface area contributed by atoms with Crippen molar-refractivity contribution >= 4 is 38.4 Å². The highest BCUT2D eigenvalue weighted by molar-refractivity contribution is 9.10. The number of benzene rings is 2. The van der Waals surface area contributed by atoms with Crippen LogP contribution in [0.1, 0.15) is 38.1 Å². The zero-order valence-electron chi connectivity index (χ0n) is 16.2. The highest BCUT2D eigenvalue weighted by Gasteiger charge is 2.23. The van der Waals surface area contributed by atoms with Crippen LogP contribution in [0, 0.1) is 5.82 Å². The SMILES string of the molecule is O=C(Cn1c(=O)n(C2CCCCC2)c(=O)c2cc(Br)ccc21)Nc1ccc(F)cc1. The highest BCUT2D eigenvalue weighted by atomic mass is 79.9. The average Bonchev–Trinajstić information content (AvgIpc) is 2.74. The minimum Gasteiger partial charge on any atom is -0.325 e. The Morgan fingerprint density at radius 1 is 1.07 bits per heavy atom. The van der Waals surface area contributed by atoms with Gasteiger partial charge in [0.2, 0.25) is 5.91 Å². The third-order valence-corrected chi connectivity index (χ3v) is 6.00. The molecule has 1 saturated carbocycles. The predicted molar refractivity (Wildman–Crippen MR) is 117 cm³/mol. The molecule has 3 aromatic rings. The number of hydrogen-bond acceptors (Lipinski definition) is 3. The molecule has 0 bridgehead atoms. The second-order valence-corrected chi connectivity index (χ2v) is 8.47. The molecule has 1 aliphatic carbocycles. The number of nitrogens with one attached hydrogen (secondary N) is 1. The zero-order valence-corrected chi connectivity index (χ0v) is 17.8. The van der Waals surface area contributed by atoms with Crippen molar-refractivity contribution in [1.29, 1.82) is 0 Å². The summed E-state index contributed by atoms with van der Waals surface area (Å²) in [5.41, 5.74) is 0.0472. The Hall–Kier alpha value is -2.74. The lowest BCUT2D eigenvalue weighted by Crippen LogP contribution is -2.44. The molecule has 0 spiro atoms. The Labute approximate surface area is 180 Å². The van der Waals surface area contributed by atoms with Crippen molar-refractivity contribution < 1.29 is 9.18 Å². The van der Waals surface area contributed by atoms with Crippen molar-refractivity contribution in [2.75, 3.05) is 5.32 Å². The molecule has 0 atom stereocenters. The molecule has 1 fully saturated rings. The summed E-state index contributed by atoms with van der Waals surface area (Å²) in [5, 5.41) is 3.07. The van der Waals surface area contributed by atoms with Crippen molar-refractivity contribution in [1.82, 2.24) is 9.13 Å². The smallest absolute Gasteiger partial charge is 0.325 e. The van der Waals surface area contributed by atoms with Gasteiger partial charge >= 0.3 is 5.69 Å². The van der Waals surface area contributed by atoms with Crippen molar-refractivity contribution in [2.45, 2.75) is 44.7 Å². The van der Waals surface area contributed by atoms with Crippen LogP contribution in [0.2, 0.25) is 0 Å². The number of anilines is 1. The van der Waals surface area contributed by atoms with E-state index < -0.39 is 17.4 Å². The van der Waals surface area contributed by atoms with Gasteiger partial charge < -0.3 is 5.32 Å².